The molecule has 160 valence electrons. The molecule has 1 unspecified atom stereocenters. The van der Waals surface area contributed by atoms with Gasteiger partial charge in [-0.05, 0) is 32.2 Å². The Kier molecular flexibility index (Phi) is 6.79. The topological polar surface area (TPSA) is 79.1 Å². The van der Waals surface area contributed by atoms with Crippen LogP contribution in [0.5, 0.6) is 23.0 Å². The first-order chi connectivity index (χ1) is 14.5. The van der Waals surface area contributed by atoms with Gasteiger partial charge in [0.15, 0.2) is 11.5 Å². The van der Waals surface area contributed by atoms with Crippen LogP contribution >= 0.6 is 0 Å². The Morgan fingerprint density at radius 1 is 0.900 bits per heavy atom. The molecule has 0 N–H and O–H groups in total. The van der Waals surface area contributed by atoms with E-state index in [1.807, 2.05) is 37.4 Å². The molecule has 8 heteroatoms. The van der Waals surface area contributed by atoms with E-state index in [0.29, 0.717) is 41.1 Å². The van der Waals surface area contributed by atoms with Gasteiger partial charge in [0.25, 0.3) is 0 Å². The summed E-state index contributed by atoms with van der Waals surface area (Å²) in [4.78, 5) is 6.66. The van der Waals surface area contributed by atoms with E-state index in [2.05, 4.69) is 22.0 Å². The van der Waals surface area contributed by atoms with Gasteiger partial charge in [-0.25, -0.2) is 0 Å². The van der Waals surface area contributed by atoms with Crippen LogP contribution in [0.25, 0.3) is 11.4 Å². The zero-order valence-electron chi connectivity index (χ0n) is 18.1. The minimum atomic E-state index is 0.0899. The number of hydrogen-bond donors (Lipinski definition) is 0. The van der Waals surface area contributed by atoms with Crippen molar-refractivity contribution in [3.63, 3.8) is 0 Å². The van der Waals surface area contributed by atoms with E-state index >= 15 is 0 Å². The molecule has 0 aliphatic heterocycles. The van der Waals surface area contributed by atoms with E-state index in [1.54, 1.807) is 34.5 Å². The summed E-state index contributed by atoms with van der Waals surface area (Å²) in [5, 5.41) is 4.13. The van der Waals surface area contributed by atoms with Gasteiger partial charge in [0.05, 0.1) is 40.5 Å². The second-order valence-electron chi connectivity index (χ2n) is 6.73. The molecule has 30 heavy (non-hydrogen) atoms. The van der Waals surface area contributed by atoms with Gasteiger partial charge in [-0.3, -0.25) is 4.90 Å². The van der Waals surface area contributed by atoms with Crippen molar-refractivity contribution in [2.75, 3.05) is 35.5 Å². The van der Waals surface area contributed by atoms with Gasteiger partial charge in [0.2, 0.25) is 17.5 Å². The van der Waals surface area contributed by atoms with E-state index in [4.69, 9.17) is 23.5 Å². The second-order valence-corrected chi connectivity index (χ2v) is 6.73. The summed E-state index contributed by atoms with van der Waals surface area (Å²) in [6.45, 7) is 2.58. The van der Waals surface area contributed by atoms with E-state index in [0.717, 1.165) is 11.3 Å². The lowest BCUT2D eigenvalue weighted by molar-refractivity contribution is 0.213. The Balaban J connectivity index is 1.83. The van der Waals surface area contributed by atoms with E-state index in [-0.39, 0.29) is 6.04 Å². The van der Waals surface area contributed by atoms with Crippen molar-refractivity contribution >= 4 is 0 Å². The van der Waals surface area contributed by atoms with Gasteiger partial charge in [-0.2, -0.15) is 4.98 Å². The lowest BCUT2D eigenvalue weighted by Gasteiger charge is -2.24. The van der Waals surface area contributed by atoms with Gasteiger partial charge < -0.3 is 23.5 Å². The van der Waals surface area contributed by atoms with E-state index in [9.17, 15) is 0 Å². The molecular weight excluding hydrogens is 386 g/mol. The maximum atomic E-state index is 5.53. The summed E-state index contributed by atoms with van der Waals surface area (Å²) in [6.07, 6.45) is 0. The standard InChI is InChI=1S/C22H27N3O5/c1-14(15-9-7-8-10-17(15)26-3)25(2)13-19-23-22(24-30-19)16-11-12-18(27-4)21(29-6)20(16)28-5/h7-12,14H,13H2,1-6H3. The molecule has 8 nitrogen and oxygen atoms in total. The zero-order valence-corrected chi connectivity index (χ0v) is 18.1. The second kappa shape index (κ2) is 9.49. The molecule has 3 aromatic rings. The Labute approximate surface area is 176 Å². The SMILES string of the molecule is COc1ccccc1C(C)N(C)Cc1nc(-c2ccc(OC)c(OC)c2OC)no1. The van der Waals surface area contributed by atoms with Crippen LogP contribution in [0, 0.1) is 0 Å². The lowest BCUT2D eigenvalue weighted by atomic mass is 10.1. The Hall–Kier alpha value is -3.26. The largest absolute Gasteiger partial charge is 0.496 e. The quantitative estimate of drug-likeness (QED) is 0.522. The molecule has 1 heterocycles. The number of aromatic nitrogens is 2. The summed E-state index contributed by atoms with van der Waals surface area (Å²) < 4.78 is 27.3. The van der Waals surface area contributed by atoms with Crippen molar-refractivity contribution in [2.24, 2.45) is 0 Å². The molecule has 1 aromatic heterocycles. The highest BCUT2D eigenvalue weighted by Crippen LogP contribution is 2.43. The number of rotatable bonds is 9. The Bertz CT molecular complexity index is 989. The highest BCUT2D eigenvalue weighted by molar-refractivity contribution is 5.72. The lowest BCUT2D eigenvalue weighted by Crippen LogP contribution is -2.22. The molecule has 1 atom stereocenters. The van der Waals surface area contributed by atoms with Gasteiger partial charge in [-0.15, -0.1) is 0 Å². The first kappa shape index (κ1) is 21.4. The number of hydrogen-bond acceptors (Lipinski definition) is 8. The maximum Gasteiger partial charge on any atom is 0.241 e. The van der Waals surface area contributed by atoms with Crippen LogP contribution < -0.4 is 18.9 Å². The minimum Gasteiger partial charge on any atom is -0.496 e. The number of benzene rings is 2. The average Bonchev–Trinajstić information content (AvgIpc) is 3.25. The molecule has 0 saturated carbocycles. The molecular formula is C22H27N3O5. The van der Waals surface area contributed by atoms with Crippen molar-refractivity contribution in [2.45, 2.75) is 19.5 Å². The van der Waals surface area contributed by atoms with Crippen LogP contribution in [0.2, 0.25) is 0 Å². The number of ether oxygens (including phenoxy) is 4. The number of para-hydroxylation sites is 1. The predicted molar refractivity (Wildman–Crippen MR) is 112 cm³/mol. The average molecular weight is 413 g/mol. The molecule has 0 aliphatic rings. The van der Waals surface area contributed by atoms with E-state index < -0.39 is 0 Å². The number of nitrogens with zero attached hydrogens (tertiary/aromatic N) is 3. The summed E-state index contributed by atoms with van der Waals surface area (Å²) in [7, 11) is 8.36. The first-order valence-electron chi connectivity index (χ1n) is 9.49. The summed E-state index contributed by atoms with van der Waals surface area (Å²) in [5.74, 6) is 3.28. The van der Waals surface area contributed by atoms with Crippen LogP contribution in [0.15, 0.2) is 40.9 Å². The fourth-order valence-corrected chi connectivity index (χ4v) is 3.31. The van der Waals surface area contributed by atoms with Crippen LogP contribution in [-0.2, 0) is 6.54 Å². The van der Waals surface area contributed by atoms with Gasteiger partial charge >= 0.3 is 0 Å². The third-order valence-electron chi connectivity index (χ3n) is 5.05. The van der Waals surface area contributed by atoms with Gasteiger partial charge in [0.1, 0.15) is 5.75 Å². The van der Waals surface area contributed by atoms with Crippen molar-refractivity contribution in [1.29, 1.82) is 0 Å². The summed E-state index contributed by atoms with van der Waals surface area (Å²) in [6, 6.07) is 11.6. The molecule has 0 bridgehead atoms. The maximum absolute atomic E-state index is 5.53. The Morgan fingerprint density at radius 2 is 1.60 bits per heavy atom. The van der Waals surface area contributed by atoms with Crippen LogP contribution in [0.3, 0.4) is 0 Å². The van der Waals surface area contributed by atoms with Crippen molar-refractivity contribution in [1.82, 2.24) is 15.0 Å². The highest BCUT2D eigenvalue weighted by Gasteiger charge is 2.22. The first-order valence-corrected chi connectivity index (χ1v) is 9.49. The monoisotopic (exact) mass is 413 g/mol. The predicted octanol–water partition coefficient (Wildman–Crippen LogP) is 3.96. The molecule has 2 aromatic carbocycles. The fraction of sp³-hybridized carbons (Fsp3) is 0.364. The molecule has 3 rings (SSSR count). The van der Waals surface area contributed by atoms with E-state index in [1.165, 1.54) is 0 Å². The minimum absolute atomic E-state index is 0.0899. The number of methoxy groups -OCH3 is 4. The molecule has 0 saturated heterocycles. The molecule has 0 aliphatic carbocycles. The van der Waals surface area contributed by atoms with Crippen molar-refractivity contribution in [3.05, 3.63) is 47.9 Å². The summed E-state index contributed by atoms with van der Waals surface area (Å²) in [5.41, 5.74) is 1.74. The van der Waals surface area contributed by atoms with Gasteiger partial charge in [-0.1, -0.05) is 23.4 Å². The molecule has 0 spiro atoms. The van der Waals surface area contributed by atoms with Crippen molar-refractivity contribution in [3.8, 4) is 34.4 Å². The molecule has 0 amide bonds. The van der Waals surface area contributed by atoms with Crippen molar-refractivity contribution < 1.29 is 23.5 Å². The normalized spacial score (nSPS) is 12.0. The van der Waals surface area contributed by atoms with Crippen LogP contribution in [0.1, 0.15) is 24.4 Å². The molecule has 0 fully saturated rings. The zero-order chi connectivity index (χ0) is 21.7. The van der Waals surface area contributed by atoms with Gasteiger partial charge in [0, 0.05) is 11.6 Å². The van der Waals surface area contributed by atoms with Crippen LogP contribution in [0.4, 0.5) is 0 Å². The smallest absolute Gasteiger partial charge is 0.241 e. The highest BCUT2D eigenvalue weighted by atomic mass is 16.5. The Morgan fingerprint density at radius 3 is 2.27 bits per heavy atom. The summed E-state index contributed by atoms with van der Waals surface area (Å²) >= 11 is 0. The molecule has 0 radical (unpaired) electrons. The third kappa shape index (κ3) is 4.18. The van der Waals surface area contributed by atoms with Crippen LogP contribution in [-0.4, -0.2) is 50.5 Å². The fourth-order valence-electron chi connectivity index (χ4n) is 3.31. The third-order valence-corrected chi connectivity index (χ3v) is 5.05.